The van der Waals surface area contributed by atoms with E-state index in [4.69, 9.17) is 5.73 Å². The van der Waals surface area contributed by atoms with Gasteiger partial charge in [0.2, 0.25) is 5.91 Å². The van der Waals surface area contributed by atoms with Gasteiger partial charge in [0.15, 0.2) is 0 Å². The second kappa shape index (κ2) is 4.91. The van der Waals surface area contributed by atoms with E-state index in [1.165, 1.54) is 0 Å². The van der Waals surface area contributed by atoms with Gasteiger partial charge in [-0.2, -0.15) is 0 Å². The van der Waals surface area contributed by atoms with E-state index < -0.39 is 0 Å². The van der Waals surface area contributed by atoms with Crippen LogP contribution >= 0.6 is 0 Å². The zero-order chi connectivity index (χ0) is 13.1. The van der Waals surface area contributed by atoms with Gasteiger partial charge in [-0.05, 0) is 38.1 Å². The van der Waals surface area contributed by atoms with E-state index in [-0.39, 0.29) is 12.5 Å². The lowest BCUT2D eigenvalue weighted by molar-refractivity contribution is -0.116. The molecule has 5 nitrogen and oxygen atoms in total. The zero-order valence-corrected chi connectivity index (χ0v) is 10.5. The molecule has 0 fully saturated rings. The van der Waals surface area contributed by atoms with Gasteiger partial charge in [-0.25, -0.2) is 4.98 Å². The molecule has 1 aromatic carbocycles. The number of aromatic nitrogens is 2. The summed E-state index contributed by atoms with van der Waals surface area (Å²) in [5, 5.41) is 2.81. The van der Waals surface area contributed by atoms with Gasteiger partial charge in [-0.1, -0.05) is 0 Å². The summed E-state index contributed by atoms with van der Waals surface area (Å²) >= 11 is 0. The summed E-state index contributed by atoms with van der Waals surface area (Å²) in [6.45, 7) is 4.12. The molecule has 18 heavy (non-hydrogen) atoms. The first-order chi connectivity index (χ1) is 8.56. The summed E-state index contributed by atoms with van der Waals surface area (Å²) in [5.74, 6) is -0.0831. The van der Waals surface area contributed by atoms with Gasteiger partial charge in [-0.15, -0.1) is 0 Å². The first-order valence-electron chi connectivity index (χ1n) is 5.70. The lowest BCUT2D eigenvalue weighted by Crippen LogP contribution is -2.19. The van der Waals surface area contributed by atoms with Crippen molar-refractivity contribution in [2.45, 2.75) is 20.4 Å². The lowest BCUT2D eigenvalue weighted by Gasteiger charge is -2.07. The Kier molecular flexibility index (Phi) is 3.32. The number of anilines is 2. The molecule has 0 saturated heterocycles. The van der Waals surface area contributed by atoms with Gasteiger partial charge in [-0.3, -0.25) is 4.79 Å². The maximum atomic E-state index is 11.8. The average Bonchev–Trinajstić information content (AvgIpc) is 2.64. The van der Waals surface area contributed by atoms with E-state index >= 15 is 0 Å². The molecule has 94 valence electrons. The number of nitrogens with zero attached hydrogens (tertiary/aromatic N) is 2. The van der Waals surface area contributed by atoms with Gasteiger partial charge < -0.3 is 15.6 Å². The van der Waals surface area contributed by atoms with Crippen molar-refractivity contribution in [2.75, 3.05) is 11.1 Å². The summed E-state index contributed by atoms with van der Waals surface area (Å²) < 4.78 is 1.82. The van der Waals surface area contributed by atoms with Crippen LogP contribution in [0.2, 0.25) is 0 Å². The van der Waals surface area contributed by atoms with Gasteiger partial charge in [0.05, 0.1) is 12.0 Å². The number of amides is 1. The third kappa shape index (κ3) is 2.68. The van der Waals surface area contributed by atoms with E-state index in [0.29, 0.717) is 5.69 Å². The Morgan fingerprint density at radius 2 is 2.00 bits per heavy atom. The number of nitrogen functional groups attached to an aromatic ring is 1. The van der Waals surface area contributed by atoms with Gasteiger partial charge in [0.1, 0.15) is 6.54 Å². The number of imidazole rings is 1. The Balaban J connectivity index is 2.01. The molecule has 1 aromatic heterocycles. The van der Waals surface area contributed by atoms with Crippen LogP contribution in [0.25, 0.3) is 0 Å². The van der Waals surface area contributed by atoms with Crippen LogP contribution in [-0.2, 0) is 11.3 Å². The SMILES string of the molecule is Cc1ncn(CC(=O)Nc2ccc(N)cc2)c1C. The number of hydrogen-bond donors (Lipinski definition) is 2. The normalized spacial score (nSPS) is 10.3. The molecule has 0 spiro atoms. The number of nitrogens with two attached hydrogens (primary N) is 1. The van der Waals surface area contributed by atoms with Gasteiger partial charge in [0.25, 0.3) is 0 Å². The fraction of sp³-hybridized carbons (Fsp3) is 0.231. The monoisotopic (exact) mass is 244 g/mol. The van der Waals surface area contributed by atoms with Crippen molar-refractivity contribution in [3.63, 3.8) is 0 Å². The quantitative estimate of drug-likeness (QED) is 0.807. The minimum absolute atomic E-state index is 0.0831. The Hall–Kier alpha value is -2.30. The number of carbonyl (C=O) groups is 1. The van der Waals surface area contributed by atoms with E-state index in [1.54, 1.807) is 30.6 Å². The van der Waals surface area contributed by atoms with Gasteiger partial charge in [0, 0.05) is 17.1 Å². The lowest BCUT2D eigenvalue weighted by atomic mass is 10.3. The Labute approximate surface area is 106 Å². The number of nitrogens with one attached hydrogen (secondary N) is 1. The smallest absolute Gasteiger partial charge is 0.244 e. The van der Waals surface area contributed by atoms with Crippen LogP contribution in [-0.4, -0.2) is 15.5 Å². The van der Waals surface area contributed by atoms with Crippen molar-refractivity contribution in [1.29, 1.82) is 0 Å². The molecule has 0 bridgehead atoms. The second-order valence-corrected chi connectivity index (χ2v) is 4.21. The number of carbonyl (C=O) groups excluding carboxylic acids is 1. The predicted molar refractivity (Wildman–Crippen MR) is 71.2 cm³/mol. The van der Waals surface area contributed by atoms with Crippen molar-refractivity contribution < 1.29 is 4.79 Å². The topological polar surface area (TPSA) is 72.9 Å². The van der Waals surface area contributed by atoms with E-state index in [9.17, 15) is 4.79 Å². The molecule has 0 aliphatic rings. The van der Waals surface area contributed by atoms with Crippen molar-refractivity contribution >= 4 is 17.3 Å². The first kappa shape index (κ1) is 12.2. The Morgan fingerprint density at radius 1 is 1.33 bits per heavy atom. The fourth-order valence-electron chi connectivity index (χ4n) is 1.63. The maximum Gasteiger partial charge on any atom is 0.244 e. The number of benzene rings is 1. The highest BCUT2D eigenvalue weighted by atomic mass is 16.1. The highest BCUT2D eigenvalue weighted by molar-refractivity contribution is 5.90. The molecule has 5 heteroatoms. The molecule has 2 aromatic rings. The van der Waals surface area contributed by atoms with Gasteiger partial charge >= 0.3 is 0 Å². The Morgan fingerprint density at radius 3 is 2.56 bits per heavy atom. The second-order valence-electron chi connectivity index (χ2n) is 4.21. The maximum absolute atomic E-state index is 11.8. The third-order valence-corrected chi connectivity index (χ3v) is 2.85. The summed E-state index contributed by atoms with van der Waals surface area (Å²) in [6.07, 6.45) is 1.67. The summed E-state index contributed by atoms with van der Waals surface area (Å²) in [5.41, 5.74) is 8.94. The van der Waals surface area contributed by atoms with Crippen LogP contribution in [0.3, 0.4) is 0 Å². The number of hydrogen-bond acceptors (Lipinski definition) is 3. The van der Waals surface area contributed by atoms with E-state index in [0.717, 1.165) is 17.1 Å². The summed E-state index contributed by atoms with van der Waals surface area (Å²) in [6, 6.07) is 7.06. The molecule has 0 radical (unpaired) electrons. The molecular weight excluding hydrogens is 228 g/mol. The van der Waals surface area contributed by atoms with Crippen molar-refractivity contribution in [1.82, 2.24) is 9.55 Å². The molecule has 0 unspecified atom stereocenters. The summed E-state index contributed by atoms with van der Waals surface area (Å²) in [7, 11) is 0. The zero-order valence-electron chi connectivity index (χ0n) is 10.5. The molecule has 1 amide bonds. The Bertz CT molecular complexity index is 557. The minimum Gasteiger partial charge on any atom is -0.399 e. The fourth-order valence-corrected chi connectivity index (χ4v) is 1.63. The molecule has 0 atom stereocenters. The van der Waals surface area contributed by atoms with Crippen LogP contribution in [0.1, 0.15) is 11.4 Å². The van der Waals surface area contributed by atoms with Crippen LogP contribution in [0, 0.1) is 13.8 Å². The van der Waals surface area contributed by atoms with Crippen molar-refractivity contribution in [2.24, 2.45) is 0 Å². The molecule has 3 N–H and O–H groups in total. The first-order valence-corrected chi connectivity index (χ1v) is 5.70. The van der Waals surface area contributed by atoms with Crippen LogP contribution < -0.4 is 11.1 Å². The molecule has 2 rings (SSSR count). The molecule has 0 aliphatic carbocycles. The number of rotatable bonds is 3. The largest absolute Gasteiger partial charge is 0.399 e. The summed E-state index contributed by atoms with van der Waals surface area (Å²) in [4.78, 5) is 16.0. The average molecular weight is 244 g/mol. The predicted octanol–water partition coefficient (Wildman–Crippen LogP) is 1.72. The molecule has 1 heterocycles. The van der Waals surface area contributed by atoms with Crippen LogP contribution in [0.15, 0.2) is 30.6 Å². The highest BCUT2D eigenvalue weighted by Gasteiger charge is 2.07. The van der Waals surface area contributed by atoms with E-state index in [2.05, 4.69) is 10.3 Å². The van der Waals surface area contributed by atoms with Crippen molar-refractivity contribution in [3.8, 4) is 0 Å². The van der Waals surface area contributed by atoms with Crippen LogP contribution in [0.5, 0.6) is 0 Å². The highest BCUT2D eigenvalue weighted by Crippen LogP contribution is 2.11. The molecule has 0 aliphatic heterocycles. The third-order valence-electron chi connectivity index (χ3n) is 2.85. The minimum atomic E-state index is -0.0831. The molecular formula is C13H16N4O. The molecule has 0 saturated carbocycles. The number of aryl methyl sites for hydroxylation is 1. The standard InChI is InChI=1S/C13H16N4O/c1-9-10(2)17(8-15-9)7-13(18)16-12-5-3-11(14)4-6-12/h3-6,8H,7,14H2,1-2H3,(H,16,18). The van der Waals surface area contributed by atoms with Crippen LogP contribution in [0.4, 0.5) is 11.4 Å². The van der Waals surface area contributed by atoms with E-state index in [1.807, 2.05) is 18.4 Å². The van der Waals surface area contributed by atoms with Crippen molar-refractivity contribution in [3.05, 3.63) is 42.0 Å².